The monoisotopic (exact) mass is 407 g/mol. The third-order valence-electron chi connectivity index (χ3n) is 4.84. The predicted octanol–water partition coefficient (Wildman–Crippen LogP) is 4.93. The summed E-state index contributed by atoms with van der Waals surface area (Å²) in [6, 6.07) is 15.0. The van der Waals surface area contributed by atoms with Crippen LogP contribution < -0.4 is 0 Å². The lowest BCUT2D eigenvalue weighted by Crippen LogP contribution is -2.01. The van der Waals surface area contributed by atoms with Crippen LogP contribution in [-0.4, -0.2) is 24.9 Å². The molecule has 5 rings (SSSR count). The normalized spacial score (nSPS) is 13.7. The molecule has 1 fully saturated rings. The van der Waals surface area contributed by atoms with Gasteiger partial charge < -0.3 is 4.52 Å². The molecular formula is C21H18FN5OS. The zero-order valence-corrected chi connectivity index (χ0v) is 16.6. The summed E-state index contributed by atoms with van der Waals surface area (Å²) in [5, 5.41) is 13.6. The minimum Gasteiger partial charge on any atom is -0.338 e. The van der Waals surface area contributed by atoms with Gasteiger partial charge in [-0.3, -0.25) is 4.57 Å². The fourth-order valence-corrected chi connectivity index (χ4v) is 3.89. The largest absolute Gasteiger partial charge is 0.338 e. The van der Waals surface area contributed by atoms with Crippen LogP contribution in [0.2, 0.25) is 0 Å². The molecule has 0 amide bonds. The van der Waals surface area contributed by atoms with Gasteiger partial charge in [-0.25, -0.2) is 4.39 Å². The predicted molar refractivity (Wildman–Crippen MR) is 107 cm³/mol. The van der Waals surface area contributed by atoms with Gasteiger partial charge in [0.05, 0.1) is 5.75 Å². The van der Waals surface area contributed by atoms with E-state index in [-0.39, 0.29) is 5.82 Å². The molecule has 0 unspecified atom stereocenters. The minimum absolute atomic E-state index is 0.285. The van der Waals surface area contributed by atoms with Crippen LogP contribution in [0.3, 0.4) is 0 Å². The van der Waals surface area contributed by atoms with Crippen molar-refractivity contribution in [2.24, 2.45) is 0 Å². The van der Waals surface area contributed by atoms with Crippen LogP contribution in [0.4, 0.5) is 4.39 Å². The molecule has 8 heteroatoms. The molecule has 1 saturated carbocycles. The number of hydrogen-bond donors (Lipinski definition) is 0. The Morgan fingerprint density at radius 2 is 1.97 bits per heavy atom. The smallest absolute Gasteiger partial charge is 0.237 e. The summed E-state index contributed by atoms with van der Waals surface area (Å²) in [5.41, 5.74) is 2.22. The van der Waals surface area contributed by atoms with Gasteiger partial charge in [0.25, 0.3) is 0 Å². The first kappa shape index (κ1) is 18.1. The first-order valence-corrected chi connectivity index (χ1v) is 10.4. The SMILES string of the molecule is Cc1ccc(-c2noc(CSc3nnc(C4CC4)n3-c3ccccc3)n2)cc1F. The molecule has 0 radical (unpaired) electrons. The van der Waals surface area contributed by atoms with E-state index in [1.807, 2.05) is 18.2 Å². The summed E-state index contributed by atoms with van der Waals surface area (Å²) in [4.78, 5) is 4.40. The van der Waals surface area contributed by atoms with Crippen molar-refractivity contribution in [1.82, 2.24) is 24.9 Å². The van der Waals surface area contributed by atoms with Crippen LogP contribution in [-0.2, 0) is 5.75 Å². The molecule has 0 bridgehead atoms. The van der Waals surface area contributed by atoms with E-state index in [1.165, 1.54) is 17.8 Å². The van der Waals surface area contributed by atoms with Crippen LogP contribution in [0.1, 0.15) is 36.0 Å². The second-order valence-electron chi connectivity index (χ2n) is 7.05. The number of benzene rings is 2. The first-order valence-electron chi connectivity index (χ1n) is 9.41. The van der Waals surface area contributed by atoms with Crippen molar-refractivity contribution in [2.45, 2.75) is 36.6 Å². The summed E-state index contributed by atoms with van der Waals surface area (Å²) in [5.74, 6) is 2.48. The van der Waals surface area contributed by atoms with E-state index in [9.17, 15) is 4.39 Å². The highest BCUT2D eigenvalue weighted by Gasteiger charge is 2.31. The maximum Gasteiger partial charge on any atom is 0.237 e. The van der Waals surface area contributed by atoms with E-state index in [2.05, 4.69) is 37.0 Å². The summed E-state index contributed by atoms with van der Waals surface area (Å²) in [6.45, 7) is 1.72. The standard InChI is InChI=1S/C21H18FN5OS/c1-13-7-8-15(11-17(13)22)19-23-18(28-26-19)12-29-21-25-24-20(14-9-10-14)27(21)16-5-3-2-4-6-16/h2-8,11,14H,9-10,12H2,1H3. The van der Waals surface area contributed by atoms with Crippen LogP contribution >= 0.6 is 11.8 Å². The van der Waals surface area contributed by atoms with E-state index < -0.39 is 0 Å². The van der Waals surface area contributed by atoms with Gasteiger partial charge in [-0.2, -0.15) is 4.98 Å². The number of aryl methyl sites for hydroxylation is 1. The summed E-state index contributed by atoms with van der Waals surface area (Å²) in [7, 11) is 0. The van der Waals surface area contributed by atoms with E-state index in [0.29, 0.717) is 34.5 Å². The van der Waals surface area contributed by atoms with Gasteiger partial charge in [0.2, 0.25) is 11.7 Å². The maximum absolute atomic E-state index is 13.8. The Morgan fingerprint density at radius 3 is 2.72 bits per heavy atom. The Hall–Kier alpha value is -3.00. The van der Waals surface area contributed by atoms with Crippen molar-refractivity contribution in [1.29, 1.82) is 0 Å². The second-order valence-corrected chi connectivity index (χ2v) is 7.99. The zero-order chi connectivity index (χ0) is 19.8. The number of nitrogens with zero attached hydrogens (tertiary/aromatic N) is 5. The average Bonchev–Trinajstić information content (AvgIpc) is 3.32. The Kier molecular flexibility index (Phi) is 4.63. The van der Waals surface area contributed by atoms with Crippen LogP contribution in [0.15, 0.2) is 58.2 Å². The molecule has 0 spiro atoms. The van der Waals surface area contributed by atoms with Crippen molar-refractivity contribution < 1.29 is 8.91 Å². The summed E-state index contributed by atoms with van der Waals surface area (Å²) in [6.07, 6.45) is 2.30. The number of aromatic nitrogens is 5. The van der Waals surface area contributed by atoms with Crippen molar-refractivity contribution >= 4 is 11.8 Å². The lowest BCUT2D eigenvalue weighted by Gasteiger charge is -2.08. The van der Waals surface area contributed by atoms with E-state index in [0.717, 1.165) is 29.5 Å². The number of hydrogen-bond acceptors (Lipinski definition) is 6. The van der Waals surface area contributed by atoms with E-state index in [1.54, 1.807) is 19.1 Å². The number of halogens is 1. The zero-order valence-electron chi connectivity index (χ0n) is 15.7. The Labute approximate surface area is 171 Å². The summed E-state index contributed by atoms with van der Waals surface area (Å²) >= 11 is 1.49. The highest BCUT2D eigenvalue weighted by molar-refractivity contribution is 7.98. The Morgan fingerprint density at radius 1 is 1.14 bits per heavy atom. The number of rotatable bonds is 6. The van der Waals surface area contributed by atoms with Crippen LogP contribution in [0.5, 0.6) is 0 Å². The maximum atomic E-state index is 13.8. The van der Waals surface area contributed by atoms with Crippen LogP contribution in [0, 0.1) is 12.7 Å². The quantitative estimate of drug-likeness (QED) is 0.422. The van der Waals surface area contributed by atoms with Gasteiger partial charge in [0.15, 0.2) is 5.16 Å². The van der Waals surface area contributed by atoms with Gasteiger partial charge in [-0.05, 0) is 43.5 Å². The van der Waals surface area contributed by atoms with Crippen molar-refractivity contribution in [3.8, 4) is 17.1 Å². The first-order chi connectivity index (χ1) is 14.2. The summed E-state index contributed by atoms with van der Waals surface area (Å²) < 4.78 is 21.3. The molecule has 2 aromatic heterocycles. The van der Waals surface area contributed by atoms with Crippen molar-refractivity contribution in [3.05, 3.63) is 71.6 Å². The average molecular weight is 407 g/mol. The molecule has 0 saturated heterocycles. The fraction of sp³-hybridized carbons (Fsp3) is 0.238. The molecule has 146 valence electrons. The van der Waals surface area contributed by atoms with Gasteiger partial charge in [0.1, 0.15) is 11.6 Å². The molecule has 1 aliphatic carbocycles. The molecule has 2 heterocycles. The molecule has 1 aliphatic rings. The van der Waals surface area contributed by atoms with Crippen molar-refractivity contribution in [2.75, 3.05) is 0 Å². The molecular weight excluding hydrogens is 389 g/mol. The topological polar surface area (TPSA) is 69.6 Å². The number of thioether (sulfide) groups is 1. The van der Waals surface area contributed by atoms with Gasteiger partial charge in [0, 0.05) is 17.2 Å². The number of para-hydroxylation sites is 1. The van der Waals surface area contributed by atoms with E-state index >= 15 is 0 Å². The van der Waals surface area contributed by atoms with Gasteiger partial charge >= 0.3 is 0 Å². The third kappa shape index (κ3) is 3.67. The lowest BCUT2D eigenvalue weighted by atomic mass is 10.1. The lowest BCUT2D eigenvalue weighted by molar-refractivity contribution is 0.391. The third-order valence-corrected chi connectivity index (χ3v) is 5.75. The van der Waals surface area contributed by atoms with Gasteiger partial charge in [-0.15, -0.1) is 10.2 Å². The van der Waals surface area contributed by atoms with Crippen molar-refractivity contribution in [3.63, 3.8) is 0 Å². The molecule has 6 nitrogen and oxygen atoms in total. The molecule has 0 atom stereocenters. The Bertz CT molecular complexity index is 1150. The molecule has 29 heavy (non-hydrogen) atoms. The molecule has 4 aromatic rings. The minimum atomic E-state index is -0.285. The molecule has 0 aliphatic heterocycles. The van der Waals surface area contributed by atoms with E-state index in [4.69, 9.17) is 4.52 Å². The highest BCUT2D eigenvalue weighted by atomic mass is 32.2. The molecule has 0 N–H and O–H groups in total. The highest BCUT2D eigenvalue weighted by Crippen LogP contribution is 2.41. The fourth-order valence-electron chi connectivity index (χ4n) is 3.09. The van der Waals surface area contributed by atoms with Gasteiger partial charge in [-0.1, -0.05) is 47.3 Å². The van der Waals surface area contributed by atoms with Crippen LogP contribution in [0.25, 0.3) is 17.1 Å². The molecule has 2 aromatic carbocycles. The Balaban J connectivity index is 1.37. The second kappa shape index (κ2) is 7.44.